The van der Waals surface area contributed by atoms with E-state index in [2.05, 4.69) is 11.8 Å². The molecular formula is C21H21Cl3FNO3. The summed E-state index contributed by atoms with van der Waals surface area (Å²) in [4.78, 5) is 13.3. The van der Waals surface area contributed by atoms with Gasteiger partial charge in [-0.1, -0.05) is 34.8 Å². The Morgan fingerprint density at radius 1 is 1.17 bits per heavy atom. The van der Waals surface area contributed by atoms with Crippen molar-refractivity contribution in [3.05, 3.63) is 62.3 Å². The van der Waals surface area contributed by atoms with Gasteiger partial charge >= 0.3 is 5.97 Å². The first kappa shape index (κ1) is 22.2. The highest BCUT2D eigenvalue weighted by atomic mass is 35.5. The number of likely N-dealkylation sites (tertiary alicyclic amines) is 1. The van der Waals surface area contributed by atoms with Gasteiger partial charge < -0.3 is 9.84 Å². The quantitative estimate of drug-likeness (QED) is 0.547. The Morgan fingerprint density at radius 2 is 1.79 bits per heavy atom. The summed E-state index contributed by atoms with van der Waals surface area (Å²) < 4.78 is 19.5. The van der Waals surface area contributed by atoms with Gasteiger partial charge in [0.1, 0.15) is 11.6 Å². The summed E-state index contributed by atoms with van der Waals surface area (Å²) in [7, 11) is 0. The van der Waals surface area contributed by atoms with E-state index in [1.165, 1.54) is 0 Å². The van der Waals surface area contributed by atoms with Crippen molar-refractivity contribution < 1.29 is 19.0 Å². The number of hydrogen-bond acceptors (Lipinski definition) is 3. The number of halogens is 4. The molecule has 0 aromatic heterocycles. The van der Waals surface area contributed by atoms with E-state index in [0.29, 0.717) is 22.6 Å². The fraction of sp³-hybridized carbons (Fsp3) is 0.381. The van der Waals surface area contributed by atoms with Crippen molar-refractivity contribution in [1.29, 1.82) is 0 Å². The van der Waals surface area contributed by atoms with Crippen LogP contribution in [0.15, 0.2) is 30.3 Å². The third-order valence-electron chi connectivity index (χ3n) is 5.29. The zero-order valence-electron chi connectivity index (χ0n) is 15.8. The molecule has 2 aromatic carbocycles. The molecule has 0 amide bonds. The van der Waals surface area contributed by atoms with Gasteiger partial charge in [0.25, 0.3) is 0 Å². The zero-order chi connectivity index (χ0) is 21.1. The molecule has 1 N–H and O–H groups in total. The average Bonchev–Trinajstić information content (AvgIpc) is 2.67. The summed E-state index contributed by atoms with van der Waals surface area (Å²) in [6, 6.07) is 7.90. The first-order chi connectivity index (χ1) is 13.7. The fourth-order valence-corrected chi connectivity index (χ4v) is 4.31. The van der Waals surface area contributed by atoms with Gasteiger partial charge in [0.15, 0.2) is 0 Å². The number of carbonyl (C=O) groups is 1. The van der Waals surface area contributed by atoms with E-state index in [4.69, 9.17) is 44.6 Å². The van der Waals surface area contributed by atoms with Crippen LogP contribution in [-0.2, 0) is 0 Å². The zero-order valence-corrected chi connectivity index (χ0v) is 18.1. The lowest BCUT2D eigenvalue weighted by Gasteiger charge is -2.36. The summed E-state index contributed by atoms with van der Waals surface area (Å²) in [6.07, 6.45) is 1.85. The minimum absolute atomic E-state index is 0.0905. The second kappa shape index (κ2) is 9.52. The molecule has 29 heavy (non-hydrogen) atoms. The van der Waals surface area contributed by atoms with Crippen LogP contribution in [0.2, 0.25) is 15.1 Å². The third kappa shape index (κ3) is 5.54. The van der Waals surface area contributed by atoms with Crippen molar-refractivity contribution in [2.75, 3.05) is 19.7 Å². The first-order valence-electron chi connectivity index (χ1n) is 9.29. The molecule has 3 rings (SSSR count). The highest BCUT2D eigenvalue weighted by Crippen LogP contribution is 2.32. The Balaban J connectivity index is 1.55. The molecule has 0 aliphatic carbocycles. The number of aromatic carboxylic acids is 1. The number of ether oxygens (including phenoxy) is 1. The Hall–Kier alpha value is -1.53. The topological polar surface area (TPSA) is 49.8 Å². The van der Waals surface area contributed by atoms with Crippen molar-refractivity contribution in [2.24, 2.45) is 5.92 Å². The number of nitrogens with zero attached hydrogens (tertiary/aromatic N) is 1. The number of piperidine rings is 1. The van der Waals surface area contributed by atoms with Gasteiger partial charge in [-0.3, -0.25) is 4.90 Å². The predicted octanol–water partition coefficient (Wildman–Crippen LogP) is 6.34. The predicted molar refractivity (Wildman–Crippen MR) is 113 cm³/mol. The number of benzene rings is 2. The van der Waals surface area contributed by atoms with E-state index in [1.54, 1.807) is 6.07 Å². The van der Waals surface area contributed by atoms with Gasteiger partial charge in [0.05, 0.1) is 17.2 Å². The lowest BCUT2D eigenvalue weighted by molar-refractivity contribution is 0.0691. The Morgan fingerprint density at radius 3 is 2.38 bits per heavy atom. The minimum atomic E-state index is -1.36. The SMILES string of the molecule is C[C@@H](c1cc(Cl)cc(Cl)c1)N1CCC(COc2cc(F)c(C(=O)O)cc2Cl)CC1. The highest BCUT2D eigenvalue weighted by molar-refractivity contribution is 6.34. The van der Waals surface area contributed by atoms with E-state index < -0.39 is 17.3 Å². The Kier molecular flexibility index (Phi) is 7.28. The fourth-order valence-electron chi connectivity index (χ4n) is 3.54. The third-order valence-corrected chi connectivity index (χ3v) is 6.02. The molecule has 2 aromatic rings. The first-order valence-corrected chi connectivity index (χ1v) is 10.4. The van der Waals surface area contributed by atoms with Crippen molar-refractivity contribution in [3.63, 3.8) is 0 Å². The standard InChI is InChI=1S/C21H21Cl3FNO3/c1-12(14-6-15(22)8-16(23)7-14)26-4-2-13(3-5-26)11-29-20-10-19(25)17(21(27)28)9-18(20)24/h6-10,12-13H,2-5,11H2,1H3,(H,27,28)/t12-/m0/s1. The summed E-state index contributed by atoms with van der Waals surface area (Å²) in [6.45, 7) is 4.31. The molecule has 0 spiro atoms. The molecule has 1 saturated heterocycles. The second-order valence-corrected chi connectivity index (χ2v) is 8.52. The number of carboxylic acid groups (broad SMARTS) is 1. The largest absolute Gasteiger partial charge is 0.492 e. The Bertz CT molecular complexity index is 881. The maximum Gasteiger partial charge on any atom is 0.338 e. The van der Waals surface area contributed by atoms with Crippen LogP contribution in [0.1, 0.15) is 41.7 Å². The highest BCUT2D eigenvalue weighted by Gasteiger charge is 2.25. The van der Waals surface area contributed by atoms with Crippen LogP contribution >= 0.6 is 34.8 Å². The normalized spacial score (nSPS) is 16.6. The molecule has 0 bridgehead atoms. The van der Waals surface area contributed by atoms with Gasteiger partial charge in [-0.15, -0.1) is 0 Å². The van der Waals surface area contributed by atoms with E-state index in [-0.39, 0.29) is 16.8 Å². The van der Waals surface area contributed by atoms with Crippen molar-refractivity contribution >= 4 is 40.8 Å². The average molecular weight is 461 g/mol. The van der Waals surface area contributed by atoms with E-state index in [0.717, 1.165) is 43.6 Å². The van der Waals surface area contributed by atoms with Gasteiger partial charge in [0.2, 0.25) is 0 Å². The summed E-state index contributed by atoms with van der Waals surface area (Å²) in [5.41, 5.74) is 0.615. The van der Waals surface area contributed by atoms with E-state index in [9.17, 15) is 9.18 Å². The molecule has 0 unspecified atom stereocenters. The van der Waals surface area contributed by atoms with Crippen LogP contribution < -0.4 is 4.74 Å². The number of carboxylic acids is 1. The molecule has 1 heterocycles. The summed E-state index contributed by atoms with van der Waals surface area (Å²) >= 11 is 18.3. The molecule has 1 atom stereocenters. The summed E-state index contributed by atoms with van der Waals surface area (Å²) in [5, 5.41) is 10.3. The van der Waals surface area contributed by atoms with E-state index in [1.807, 2.05) is 12.1 Å². The molecule has 1 aliphatic heterocycles. The number of rotatable bonds is 6. The van der Waals surface area contributed by atoms with Crippen LogP contribution in [0.4, 0.5) is 4.39 Å². The molecule has 8 heteroatoms. The van der Waals surface area contributed by atoms with Gasteiger partial charge in [-0.25, -0.2) is 9.18 Å². The molecule has 0 saturated carbocycles. The van der Waals surface area contributed by atoms with Crippen LogP contribution in [0, 0.1) is 11.7 Å². The van der Waals surface area contributed by atoms with Crippen LogP contribution in [0.25, 0.3) is 0 Å². The molecular weight excluding hydrogens is 440 g/mol. The molecule has 0 radical (unpaired) electrons. The second-order valence-electron chi connectivity index (χ2n) is 7.24. The summed E-state index contributed by atoms with van der Waals surface area (Å²) in [5.74, 6) is -1.75. The van der Waals surface area contributed by atoms with Crippen LogP contribution in [0.3, 0.4) is 0 Å². The lowest BCUT2D eigenvalue weighted by Crippen LogP contribution is -2.37. The molecule has 1 aliphatic rings. The number of hydrogen-bond donors (Lipinski definition) is 1. The van der Waals surface area contributed by atoms with Crippen molar-refractivity contribution in [2.45, 2.75) is 25.8 Å². The minimum Gasteiger partial charge on any atom is -0.492 e. The molecule has 156 valence electrons. The van der Waals surface area contributed by atoms with Crippen LogP contribution in [0.5, 0.6) is 5.75 Å². The maximum absolute atomic E-state index is 13.9. The van der Waals surface area contributed by atoms with Gasteiger partial charge in [-0.2, -0.15) is 0 Å². The smallest absolute Gasteiger partial charge is 0.338 e. The maximum atomic E-state index is 13.9. The van der Waals surface area contributed by atoms with Gasteiger partial charge in [-0.05, 0) is 68.6 Å². The monoisotopic (exact) mass is 459 g/mol. The lowest BCUT2D eigenvalue weighted by atomic mass is 9.95. The van der Waals surface area contributed by atoms with Crippen molar-refractivity contribution in [1.82, 2.24) is 4.90 Å². The van der Waals surface area contributed by atoms with E-state index >= 15 is 0 Å². The Labute approximate surface area is 184 Å². The molecule has 4 nitrogen and oxygen atoms in total. The van der Waals surface area contributed by atoms with Gasteiger partial charge in [0, 0.05) is 22.2 Å². The van der Waals surface area contributed by atoms with Crippen molar-refractivity contribution in [3.8, 4) is 5.75 Å². The van der Waals surface area contributed by atoms with Crippen LogP contribution in [-0.4, -0.2) is 35.7 Å². The molecule has 1 fully saturated rings.